The van der Waals surface area contributed by atoms with Crippen molar-refractivity contribution < 1.29 is 26.8 Å². The van der Waals surface area contributed by atoms with Crippen molar-refractivity contribution in [2.75, 3.05) is 9.62 Å². The number of amides is 1. The van der Waals surface area contributed by atoms with Crippen LogP contribution in [0.2, 0.25) is 0 Å². The highest BCUT2D eigenvalue weighted by molar-refractivity contribution is 7.93. The van der Waals surface area contributed by atoms with Crippen LogP contribution in [-0.2, 0) is 19.6 Å². The molecule has 0 aliphatic carbocycles. The minimum Gasteiger partial charge on any atom is -0.326 e. The van der Waals surface area contributed by atoms with Gasteiger partial charge in [0.1, 0.15) is 17.7 Å². The molecule has 6 nitrogen and oxygen atoms in total. The average Bonchev–Trinajstić information content (AvgIpc) is 2.56. The summed E-state index contributed by atoms with van der Waals surface area (Å²) in [4.78, 5) is 22.4. The minimum atomic E-state index is -4.43. The smallest absolute Gasteiger partial charge is 0.265 e. The highest BCUT2D eigenvalue weighted by Gasteiger charge is 2.34. The molecule has 10 heteroatoms. The van der Waals surface area contributed by atoms with Crippen LogP contribution in [0.5, 0.6) is 0 Å². The van der Waals surface area contributed by atoms with Gasteiger partial charge in [-0.15, -0.1) is 0 Å². The summed E-state index contributed by atoms with van der Waals surface area (Å²) in [5.41, 5.74) is -0.175. The third-order valence-corrected chi connectivity index (χ3v) is 5.77. The van der Waals surface area contributed by atoms with E-state index >= 15 is 0 Å². The minimum absolute atomic E-state index is 0.273. The fraction of sp³-hybridized carbons (Fsp3) is 0.176. The molecule has 144 valence electrons. The molecule has 0 spiro atoms. The van der Waals surface area contributed by atoms with Crippen LogP contribution in [0, 0.1) is 11.6 Å². The summed E-state index contributed by atoms with van der Waals surface area (Å²) < 4.78 is 54.0. The van der Waals surface area contributed by atoms with Gasteiger partial charge in [0.25, 0.3) is 10.0 Å². The summed E-state index contributed by atoms with van der Waals surface area (Å²) in [5.74, 6) is -2.42. The Morgan fingerprint density at radius 1 is 1.11 bits per heavy atom. The number of hydrogen-bond acceptors (Lipinski definition) is 4. The van der Waals surface area contributed by atoms with Gasteiger partial charge in [0.05, 0.1) is 10.6 Å². The van der Waals surface area contributed by atoms with E-state index in [0.717, 1.165) is 12.1 Å². The van der Waals surface area contributed by atoms with Crippen LogP contribution in [0.1, 0.15) is 13.8 Å². The number of carbonyl (C=O) groups is 2. The number of benzene rings is 2. The van der Waals surface area contributed by atoms with Crippen LogP contribution in [0.15, 0.2) is 47.4 Å². The number of carbonyl (C=O) groups excluding carboxylic acids is 2. The van der Waals surface area contributed by atoms with E-state index in [1.54, 1.807) is 0 Å². The van der Waals surface area contributed by atoms with Gasteiger partial charge < -0.3 is 5.32 Å². The van der Waals surface area contributed by atoms with Crippen LogP contribution >= 0.6 is 11.6 Å². The molecule has 1 N–H and O–H groups in total. The van der Waals surface area contributed by atoms with Crippen molar-refractivity contribution in [3.05, 3.63) is 54.1 Å². The van der Waals surface area contributed by atoms with E-state index in [0.29, 0.717) is 16.1 Å². The van der Waals surface area contributed by atoms with Crippen molar-refractivity contribution in [2.45, 2.75) is 24.8 Å². The van der Waals surface area contributed by atoms with Crippen LogP contribution in [0.4, 0.5) is 20.2 Å². The van der Waals surface area contributed by atoms with E-state index in [-0.39, 0.29) is 10.8 Å². The highest BCUT2D eigenvalue weighted by atomic mass is 35.5. The van der Waals surface area contributed by atoms with Gasteiger partial charge in [-0.1, -0.05) is 0 Å². The fourth-order valence-electron chi connectivity index (χ4n) is 2.33. The summed E-state index contributed by atoms with van der Waals surface area (Å²) >= 11 is 5.44. The molecule has 0 aliphatic heterocycles. The van der Waals surface area contributed by atoms with E-state index in [4.69, 9.17) is 11.6 Å². The molecular weight excluding hydrogens is 402 g/mol. The number of anilines is 2. The van der Waals surface area contributed by atoms with Crippen LogP contribution in [0.25, 0.3) is 0 Å². The van der Waals surface area contributed by atoms with Gasteiger partial charge in [-0.05, 0) is 54.9 Å². The van der Waals surface area contributed by atoms with Crippen LogP contribution < -0.4 is 9.62 Å². The first-order chi connectivity index (χ1) is 12.5. The third kappa shape index (κ3) is 4.61. The molecule has 0 radical (unpaired) electrons. The largest absolute Gasteiger partial charge is 0.326 e. The van der Waals surface area contributed by atoms with Gasteiger partial charge in [0, 0.05) is 18.7 Å². The summed E-state index contributed by atoms with van der Waals surface area (Å²) in [6.07, 6.45) is 0. The molecule has 0 saturated carbocycles. The SMILES string of the molecule is CC(=O)Nc1ccc(S(=O)(=O)N(c2ccc(F)cc2F)C(C)C(=O)Cl)cc1. The Morgan fingerprint density at radius 3 is 2.19 bits per heavy atom. The van der Waals surface area contributed by atoms with Crippen molar-refractivity contribution in [3.8, 4) is 0 Å². The molecule has 1 unspecified atom stereocenters. The average molecular weight is 417 g/mol. The highest BCUT2D eigenvalue weighted by Crippen LogP contribution is 2.30. The van der Waals surface area contributed by atoms with E-state index in [1.165, 1.54) is 38.1 Å². The summed E-state index contributed by atoms with van der Waals surface area (Å²) in [6, 6.07) is 5.86. The Morgan fingerprint density at radius 2 is 1.70 bits per heavy atom. The van der Waals surface area contributed by atoms with E-state index in [1.807, 2.05) is 0 Å². The van der Waals surface area contributed by atoms with Crippen molar-refractivity contribution in [1.82, 2.24) is 0 Å². The number of sulfonamides is 1. The first kappa shape index (κ1) is 20.8. The van der Waals surface area contributed by atoms with Gasteiger partial charge in [-0.3, -0.25) is 13.9 Å². The number of nitrogens with one attached hydrogen (secondary N) is 1. The lowest BCUT2D eigenvalue weighted by atomic mass is 10.2. The van der Waals surface area contributed by atoms with E-state index in [2.05, 4.69) is 5.32 Å². The van der Waals surface area contributed by atoms with Crippen molar-refractivity contribution in [3.63, 3.8) is 0 Å². The Labute approximate surface area is 159 Å². The Hall–Kier alpha value is -2.52. The molecular formula is C17H15ClF2N2O4S. The monoisotopic (exact) mass is 416 g/mol. The molecule has 1 amide bonds. The second kappa shape index (κ2) is 8.01. The molecule has 1 atom stereocenters. The van der Waals surface area contributed by atoms with E-state index < -0.39 is 38.6 Å². The first-order valence-electron chi connectivity index (χ1n) is 7.60. The predicted molar refractivity (Wildman–Crippen MR) is 97.1 cm³/mol. The number of hydrogen-bond donors (Lipinski definition) is 1. The molecule has 0 saturated heterocycles. The van der Waals surface area contributed by atoms with Gasteiger partial charge in [0.2, 0.25) is 11.1 Å². The molecule has 0 fully saturated rings. The molecule has 2 aromatic carbocycles. The van der Waals surface area contributed by atoms with Crippen molar-refractivity contribution >= 4 is 44.1 Å². The molecule has 2 rings (SSSR count). The lowest BCUT2D eigenvalue weighted by molar-refractivity contribution is -0.114. The van der Waals surface area contributed by atoms with Gasteiger partial charge in [0.15, 0.2) is 0 Å². The topological polar surface area (TPSA) is 83.6 Å². The summed E-state index contributed by atoms with van der Waals surface area (Å²) in [6.45, 7) is 2.47. The maximum absolute atomic E-state index is 14.2. The normalized spacial score (nSPS) is 12.3. The number of nitrogens with zero attached hydrogens (tertiary/aromatic N) is 1. The molecule has 0 bridgehead atoms. The first-order valence-corrected chi connectivity index (χ1v) is 9.42. The lowest BCUT2D eigenvalue weighted by Gasteiger charge is -2.28. The Kier molecular flexibility index (Phi) is 6.17. The number of rotatable bonds is 6. The lowest BCUT2D eigenvalue weighted by Crippen LogP contribution is -2.42. The Bertz CT molecular complexity index is 981. The Balaban J connectivity index is 2.56. The zero-order chi connectivity index (χ0) is 20.4. The maximum Gasteiger partial charge on any atom is 0.265 e. The standard InChI is InChI=1S/C17H15ClF2N2O4S/c1-10(17(18)24)22(16-8-3-12(19)9-15(16)20)27(25,26)14-6-4-13(5-7-14)21-11(2)23/h3-10H,1-2H3,(H,21,23). The molecule has 2 aromatic rings. The van der Waals surface area contributed by atoms with Gasteiger partial charge in [-0.2, -0.15) is 0 Å². The molecule has 0 aromatic heterocycles. The summed E-state index contributed by atoms with van der Waals surface area (Å²) in [7, 11) is -4.43. The van der Waals surface area contributed by atoms with Crippen molar-refractivity contribution in [2.24, 2.45) is 0 Å². The fourth-order valence-corrected chi connectivity index (χ4v) is 4.11. The van der Waals surface area contributed by atoms with Crippen LogP contribution in [-0.4, -0.2) is 25.6 Å². The van der Waals surface area contributed by atoms with Crippen molar-refractivity contribution in [1.29, 1.82) is 0 Å². The molecule has 27 heavy (non-hydrogen) atoms. The molecule has 0 heterocycles. The predicted octanol–water partition coefficient (Wildman–Crippen LogP) is 3.27. The van der Waals surface area contributed by atoms with Crippen LogP contribution in [0.3, 0.4) is 0 Å². The zero-order valence-electron chi connectivity index (χ0n) is 14.2. The zero-order valence-corrected chi connectivity index (χ0v) is 15.8. The second-order valence-corrected chi connectivity index (χ2v) is 7.77. The van der Waals surface area contributed by atoms with Gasteiger partial charge in [-0.25, -0.2) is 17.2 Å². The second-order valence-electron chi connectivity index (χ2n) is 5.58. The quantitative estimate of drug-likeness (QED) is 0.732. The summed E-state index contributed by atoms with van der Waals surface area (Å²) in [5, 5.41) is 1.43. The van der Waals surface area contributed by atoms with Gasteiger partial charge >= 0.3 is 0 Å². The number of halogens is 3. The third-order valence-electron chi connectivity index (χ3n) is 3.56. The maximum atomic E-state index is 14.2. The van der Waals surface area contributed by atoms with E-state index in [9.17, 15) is 26.8 Å². The molecule has 0 aliphatic rings.